The second-order valence-corrected chi connectivity index (χ2v) is 5.56. The summed E-state index contributed by atoms with van der Waals surface area (Å²) in [5, 5.41) is 9.16. The fraction of sp³-hybridized carbons (Fsp3) is 0.188. The van der Waals surface area contributed by atoms with Gasteiger partial charge >= 0.3 is 5.97 Å². The monoisotopic (exact) mass is 333 g/mol. The van der Waals surface area contributed by atoms with Crippen LogP contribution in [0, 0.1) is 13.8 Å². The molecule has 2 aromatic rings. The molecule has 0 saturated heterocycles. The van der Waals surface area contributed by atoms with Crippen molar-refractivity contribution in [3.63, 3.8) is 0 Å². The zero-order valence-electron chi connectivity index (χ0n) is 11.4. The lowest BCUT2D eigenvalue weighted by molar-refractivity contribution is -0.136. The number of nitrogens with two attached hydrogens (primary N) is 1. The molecule has 0 aliphatic carbocycles. The van der Waals surface area contributed by atoms with Gasteiger partial charge in [-0.2, -0.15) is 0 Å². The average molecular weight is 334 g/mol. The van der Waals surface area contributed by atoms with Gasteiger partial charge in [0, 0.05) is 10.2 Å². The molecule has 104 valence electrons. The summed E-state index contributed by atoms with van der Waals surface area (Å²) < 4.78 is 0.836. The van der Waals surface area contributed by atoms with Gasteiger partial charge in [-0.1, -0.05) is 30.3 Å². The molecule has 2 aromatic carbocycles. The van der Waals surface area contributed by atoms with Crippen LogP contribution in [0.15, 0.2) is 34.8 Å². The lowest BCUT2D eigenvalue weighted by Gasteiger charge is -2.19. The maximum absolute atomic E-state index is 11.2. The normalized spacial score (nSPS) is 10.6. The van der Waals surface area contributed by atoms with Crippen molar-refractivity contribution in [1.82, 2.24) is 0 Å². The molecule has 0 aromatic heterocycles. The molecule has 0 radical (unpaired) electrons. The van der Waals surface area contributed by atoms with E-state index in [0.29, 0.717) is 5.69 Å². The van der Waals surface area contributed by atoms with Crippen LogP contribution in [0.3, 0.4) is 0 Å². The molecule has 3 nitrogen and oxygen atoms in total. The van der Waals surface area contributed by atoms with E-state index >= 15 is 0 Å². The lowest BCUT2D eigenvalue weighted by atomic mass is 9.89. The molecular weight excluding hydrogens is 318 g/mol. The minimum Gasteiger partial charge on any atom is -0.481 e. The Labute approximate surface area is 126 Å². The fourth-order valence-electron chi connectivity index (χ4n) is 2.42. The average Bonchev–Trinajstić information content (AvgIpc) is 2.43. The Bertz CT molecular complexity index is 666. The quantitative estimate of drug-likeness (QED) is 0.836. The highest BCUT2D eigenvalue weighted by molar-refractivity contribution is 9.10. The highest BCUT2D eigenvalue weighted by Crippen LogP contribution is 2.39. The van der Waals surface area contributed by atoms with Gasteiger partial charge in [-0.05, 0) is 57.6 Å². The molecule has 0 spiro atoms. The van der Waals surface area contributed by atoms with E-state index in [0.717, 1.165) is 32.3 Å². The van der Waals surface area contributed by atoms with E-state index in [2.05, 4.69) is 15.9 Å². The van der Waals surface area contributed by atoms with Crippen molar-refractivity contribution < 1.29 is 9.90 Å². The molecule has 0 atom stereocenters. The van der Waals surface area contributed by atoms with Crippen molar-refractivity contribution in [2.45, 2.75) is 20.3 Å². The van der Waals surface area contributed by atoms with E-state index in [1.54, 1.807) is 0 Å². The molecule has 0 unspecified atom stereocenters. The van der Waals surface area contributed by atoms with Gasteiger partial charge in [-0.15, -0.1) is 0 Å². The van der Waals surface area contributed by atoms with E-state index in [1.165, 1.54) is 0 Å². The summed E-state index contributed by atoms with van der Waals surface area (Å²) in [4.78, 5) is 11.2. The number of hydrogen-bond acceptors (Lipinski definition) is 2. The number of aliphatic carboxylic acids is 1. The third-order valence-corrected chi connectivity index (χ3v) is 4.51. The van der Waals surface area contributed by atoms with Gasteiger partial charge in [0.1, 0.15) is 0 Å². The molecule has 0 aliphatic rings. The lowest BCUT2D eigenvalue weighted by Crippen LogP contribution is -2.08. The van der Waals surface area contributed by atoms with Crippen LogP contribution in [-0.4, -0.2) is 11.1 Å². The van der Waals surface area contributed by atoms with Crippen molar-refractivity contribution >= 4 is 27.6 Å². The molecule has 0 amide bonds. The SMILES string of the molecule is Cc1c(N)c(Br)c(C)c(-c2ccccc2)c1CC(=O)O. The predicted molar refractivity (Wildman–Crippen MR) is 84.8 cm³/mol. The second kappa shape index (κ2) is 5.67. The molecule has 20 heavy (non-hydrogen) atoms. The van der Waals surface area contributed by atoms with Crippen LogP contribution in [0.2, 0.25) is 0 Å². The van der Waals surface area contributed by atoms with Crippen molar-refractivity contribution in [2.75, 3.05) is 5.73 Å². The smallest absolute Gasteiger partial charge is 0.307 e. The van der Waals surface area contributed by atoms with E-state index in [4.69, 9.17) is 10.8 Å². The summed E-state index contributed by atoms with van der Waals surface area (Å²) >= 11 is 3.51. The van der Waals surface area contributed by atoms with Crippen molar-refractivity contribution in [3.05, 3.63) is 51.5 Å². The minimum absolute atomic E-state index is 0.0334. The van der Waals surface area contributed by atoms with Crippen LogP contribution in [0.4, 0.5) is 5.69 Å². The Kier molecular flexibility index (Phi) is 4.14. The molecule has 2 rings (SSSR count). The molecule has 4 heteroatoms. The molecular formula is C16H16BrNO2. The van der Waals surface area contributed by atoms with Crippen LogP contribution in [0.25, 0.3) is 11.1 Å². The Morgan fingerprint density at radius 2 is 1.80 bits per heavy atom. The number of halogens is 1. The number of nitrogen functional groups attached to an aromatic ring is 1. The summed E-state index contributed by atoms with van der Waals surface area (Å²) in [5.41, 5.74) is 11.2. The summed E-state index contributed by atoms with van der Waals surface area (Å²) in [6.45, 7) is 3.82. The summed E-state index contributed by atoms with van der Waals surface area (Å²) in [7, 11) is 0. The molecule has 3 N–H and O–H groups in total. The van der Waals surface area contributed by atoms with Gasteiger partial charge < -0.3 is 10.8 Å². The standard InChI is InChI=1S/C16H16BrNO2/c1-9-12(8-13(19)20)14(10(2)15(17)16(9)18)11-6-4-3-5-7-11/h3-7H,8,18H2,1-2H3,(H,19,20). The number of anilines is 1. The number of hydrogen-bond donors (Lipinski definition) is 2. The summed E-state index contributed by atoms with van der Waals surface area (Å²) in [6, 6.07) is 9.79. The number of carboxylic acids is 1. The number of carboxylic acid groups (broad SMARTS) is 1. The topological polar surface area (TPSA) is 63.3 Å². The minimum atomic E-state index is -0.855. The van der Waals surface area contributed by atoms with Crippen molar-refractivity contribution in [2.24, 2.45) is 0 Å². The van der Waals surface area contributed by atoms with Crippen LogP contribution < -0.4 is 5.73 Å². The third kappa shape index (κ3) is 2.56. The number of carbonyl (C=O) groups is 1. The highest BCUT2D eigenvalue weighted by Gasteiger charge is 2.19. The molecule has 0 fully saturated rings. The molecule has 0 heterocycles. The first-order valence-corrected chi connectivity index (χ1v) is 7.07. The Morgan fingerprint density at radius 3 is 2.35 bits per heavy atom. The molecule has 0 aliphatic heterocycles. The summed E-state index contributed by atoms with van der Waals surface area (Å²) in [6.07, 6.45) is -0.0334. The predicted octanol–water partition coefficient (Wildman–Crippen LogP) is 3.94. The fourth-order valence-corrected chi connectivity index (χ4v) is 2.92. The van der Waals surface area contributed by atoms with Crippen LogP contribution >= 0.6 is 15.9 Å². The van der Waals surface area contributed by atoms with Crippen LogP contribution in [0.5, 0.6) is 0 Å². The van der Waals surface area contributed by atoms with Gasteiger partial charge in [0.2, 0.25) is 0 Å². The Hall–Kier alpha value is -1.81. The van der Waals surface area contributed by atoms with Gasteiger partial charge in [0.25, 0.3) is 0 Å². The number of rotatable bonds is 3. The van der Waals surface area contributed by atoms with Gasteiger partial charge in [0.05, 0.1) is 6.42 Å². The zero-order valence-corrected chi connectivity index (χ0v) is 13.0. The van der Waals surface area contributed by atoms with E-state index < -0.39 is 5.97 Å². The van der Waals surface area contributed by atoms with Crippen LogP contribution in [0.1, 0.15) is 16.7 Å². The zero-order chi connectivity index (χ0) is 14.9. The molecule has 0 bridgehead atoms. The second-order valence-electron chi connectivity index (χ2n) is 4.77. The number of benzene rings is 2. The van der Waals surface area contributed by atoms with Crippen molar-refractivity contribution in [3.8, 4) is 11.1 Å². The van der Waals surface area contributed by atoms with E-state index in [1.807, 2.05) is 44.2 Å². The third-order valence-electron chi connectivity index (χ3n) is 3.49. The maximum atomic E-state index is 11.2. The van der Waals surface area contributed by atoms with E-state index in [9.17, 15) is 4.79 Å². The largest absolute Gasteiger partial charge is 0.481 e. The van der Waals surface area contributed by atoms with Crippen molar-refractivity contribution in [1.29, 1.82) is 0 Å². The highest BCUT2D eigenvalue weighted by atomic mass is 79.9. The van der Waals surface area contributed by atoms with Gasteiger partial charge in [-0.3, -0.25) is 4.79 Å². The van der Waals surface area contributed by atoms with E-state index in [-0.39, 0.29) is 6.42 Å². The summed E-state index contributed by atoms with van der Waals surface area (Å²) in [5.74, 6) is -0.855. The maximum Gasteiger partial charge on any atom is 0.307 e. The first-order valence-electron chi connectivity index (χ1n) is 6.27. The van der Waals surface area contributed by atoms with Crippen LogP contribution in [-0.2, 0) is 11.2 Å². The first-order chi connectivity index (χ1) is 9.43. The van der Waals surface area contributed by atoms with Gasteiger partial charge in [-0.25, -0.2) is 0 Å². The van der Waals surface area contributed by atoms with Gasteiger partial charge in [0.15, 0.2) is 0 Å². The first kappa shape index (κ1) is 14.6. The Balaban J connectivity index is 2.80. The Morgan fingerprint density at radius 1 is 1.20 bits per heavy atom. The molecule has 0 saturated carbocycles.